The van der Waals surface area contributed by atoms with Gasteiger partial charge >= 0.3 is 0 Å². The molecule has 1 aromatic rings. The van der Waals surface area contributed by atoms with Gasteiger partial charge in [-0.2, -0.15) is 0 Å². The monoisotopic (exact) mass is 287 g/mol. The van der Waals surface area contributed by atoms with Gasteiger partial charge in [0, 0.05) is 11.9 Å². The zero-order chi connectivity index (χ0) is 13.7. The first-order valence-corrected chi connectivity index (χ1v) is 6.98. The predicted molar refractivity (Wildman–Crippen MR) is 77.6 cm³/mol. The maximum absolute atomic E-state index is 12.1. The van der Waals surface area contributed by atoms with Crippen molar-refractivity contribution in [3.63, 3.8) is 0 Å². The second kappa shape index (κ2) is 7.01. The lowest BCUT2D eigenvalue weighted by molar-refractivity contribution is 0.0936. The molecule has 18 heavy (non-hydrogen) atoms. The standard InChI is InChI=1S/C14H19Cl2NO/c1-9(2)7-11(8-15)17-14(18)12-6-4-5-10(3)13(12)16/h4-6,9,11H,7-8H2,1-3H3,(H,17,18). The van der Waals surface area contributed by atoms with Crippen LogP contribution < -0.4 is 5.32 Å². The lowest BCUT2D eigenvalue weighted by Gasteiger charge is -2.18. The van der Waals surface area contributed by atoms with Gasteiger partial charge < -0.3 is 5.32 Å². The first-order valence-electron chi connectivity index (χ1n) is 6.07. The third-order valence-electron chi connectivity index (χ3n) is 2.71. The van der Waals surface area contributed by atoms with Crippen LogP contribution in [0.3, 0.4) is 0 Å². The van der Waals surface area contributed by atoms with E-state index in [1.165, 1.54) is 0 Å². The molecule has 0 saturated heterocycles. The van der Waals surface area contributed by atoms with E-state index in [1.54, 1.807) is 6.07 Å². The fourth-order valence-corrected chi connectivity index (χ4v) is 2.23. The first kappa shape index (κ1) is 15.3. The Morgan fingerprint density at radius 2 is 2.06 bits per heavy atom. The predicted octanol–water partition coefficient (Wildman–Crippen LogP) is 4.03. The summed E-state index contributed by atoms with van der Waals surface area (Å²) in [5, 5.41) is 3.43. The van der Waals surface area contributed by atoms with Crippen LogP contribution in [0, 0.1) is 12.8 Å². The molecular weight excluding hydrogens is 269 g/mol. The van der Waals surface area contributed by atoms with Gasteiger partial charge in [0.2, 0.25) is 0 Å². The average molecular weight is 288 g/mol. The molecule has 1 amide bonds. The first-order chi connectivity index (χ1) is 8.45. The van der Waals surface area contributed by atoms with Crippen molar-refractivity contribution in [3.8, 4) is 0 Å². The second-order valence-corrected chi connectivity index (χ2v) is 5.58. The van der Waals surface area contributed by atoms with Crippen LogP contribution in [0.25, 0.3) is 0 Å². The Bertz CT molecular complexity index is 418. The summed E-state index contributed by atoms with van der Waals surface area (Å²) in [4.78, 5) is 12.1. The maximum atomic E-state index is 12.1. The molecule has 2 nitrogen and oxygen atoms in total. The van der Waals surface area contributed by atoms with Crippen LogP contribution in [0.1, 0.15) is 36.2 Å². The Labute approximate surface area is 119 Å². The van der Waals surface area contributed by atoms with Gasteiger partial charge in [-0.25, -0.2) is 0 Å². The van der Waals surface area contributed by atoms with E-state index in [1.807, 2.05) is 19.1 Å². The van der Waals surface area contributed by atoms with Gasteiger partial charge in [-0.05, 0) is 30.9 Å². The molecule has 1 rings (SSSR count). The summed E-state index contributed by atoms with van der Waals surface area (Å²) >= 11 is 12.0. The number of nitrogens with one attached hydrogen (secondary N) is 1. The van der Waals surface area contributed by atoms with Crippen molar-refractivity contribution in [2.45, 2.75) is 33.2 Å². The van der Waals surface area contributed by atoms with Crippen LogP contribution in [0.5, 0.6) is 0 Å². The minimum Gasteiger partial charge on any atom is -0.348 e. The average Bonchev–Trinajstić information content (AvgIpc) is 2.31. The summed E-state index contributed by atoms with van der Waals surface area (Å²) in [7, 11) is 0. The number of rotatable bonds is 5. The molecule has 0 aliphatic rings. The Balaban J connectivity index is 2.78. The van der Waals surface area contributed by atoms with E-state index < -0.39 is 0 Å². The molecular formula is C14H19Cl2NO. The molecule has 0 heterocycles. The number of benzene rings is 1. The summed E-state index contributed by atoms with van der Waals surface area (Å²) in [5.74, 6) is 0.741. The van der Waals surface area contributed by atoms with E-state index in [2.05, 4.69) is 19.2 Å². The molecule has 0 spiro atoms. The number of hydrogen-bond donors (Lipinski definition) is 1. The molecule has 100 valence electrons. The number of alkyl halides is 1. The quantitative estimate of drug-likeness (QED) is 0.814. The third kappa shape index (κ3) is 4.18. The largest absolute Gasteiger partial charge is 0.348 e. The van der Waals surface area contributed by atoms with Gasteiger partial charge in [0.15, 0.2) is 0 Å². The molecule has 0 fully saturated rings. The molecule has 1 N–H and O–H groups in total. The van der Waals surface area contributed by atoms with Gasteiger partial charge in [0.05, 0.1) is 10.6 Å². The minimum atomic E-state index is -0.157. The highest BCUT2D eigenvalue weighted by Gasteiger charge is 2.16. The molecule has 1 unspecified atom stereocenters. The van der Waals surface area contributed by atoms with E-state index in [0.717, 1.165) is 12.0 Å². The summed E-state index contributed by atoms with van der Waals surface area (Å²) < 4.78 is 0. The van der Waals surface area contributed by atoms with E-state index in [4.69, 9.17) is 23.2 Å². The van der Waals surface area contributed by atoms with Crippen molar-refractivity contribution >= 4 is 29.1 Å². The summed E-state index contributed by atoms with van der Waals surface area (Å²) in [6.45, 7) is 6.09. The Kier molecular flexibility index (Phi) is 5.97. The third-order valence-corrected chi connectivity index (χ3v) is 3.59. The van der Waals surface area contributed by atoms with Crippen LogP contribution in [0.15, 0.2) is 18.2 Å². The lowest BCUT2D eigenvalue weighted by Crippen LogP contribution is -2.37. The van der Waals surface area contributed by atoms with Crippen LogP contribution in [0.4, 0.5) is 0 Å². The van der Waals surface area contributed by atoms with Crippen LogP contribution >= 0.6 is 23.2 Å². The number of hydrogen-bond acceptors (Lipinski definition) is 1. The lowest BCUT2D eigenvalue weighted by atomic mass is 10.0. The van der Waals surface area contributed by atoms with Crippen molar-refractivity contribution in [2.75, 3.05) is 5.88 Å². The summed E-state index contributed by atoms with van der Waals surface area (Å²) in [6, 6.07) is 5.42. The van der Waals surface area contributed by atoms with Gasteiger partial charge in [-0.1, -0.05) is 37.6 Å². The Morgan fingerprint density at radius 1 is 1.39 bits per heavy atom. The van der Waals surface area contributed by atoms with Crippen LogP contribution in [0.2, 0.25) is 5.02 Å². The molecule has 0 bridgehead atoms. The summed E-state index contributed by atoms with van der Waals surface area (Å²) in [6.07, 6.45) is 0.860. The number of aryl methyl sites for hydroxylation is 1. The number of amides is 1. The highest BCUT2D eigenvalue weighted by atomic mass is 35.5. The van der Waals surface area contributed by atoms with Crippen molar-refractivity contribution in [3.05, 3.63) is 34.3 Å². The molecule has 0 saturated carbocycles. The number of halogens is 2. The van der Waals surface area contributed by atoms with Gasteiger partial charge in [-0.3, -0.25) is 4.79 Å². The van der Waals surface area contributed by atoms with Gasteiger partial charge in [0.25, 0.3) is 5.91 Å². The van der Waals surface area contributed by atoms with E-state index in [-0.39, 0.29) is 11.9 Å². The highest BCUT2D eigenvalue weighted by Crippen LogP contribution is 2.20. The van der Waals surface area contributed by atoms with Crippen molar-refractivity contribution < 1.29 is 4.79 Å². The summed E-state index contributed by atoms with van der Waals surface area (Å²) in [5.41, 5.74) is 1.41. The molecule has 0 aliphatic carbocycles. The zero-order valence-electron chi connectivity index (χ0n) is 11.0. The number of carbonyl (C=O) groups is 1. The minimum absolute atomic E-state index is 0.0178. The van der Waals surface area contributed by atoms with Crippen molar-refractivity contribution in [2.24, 2.45) is 5.92 Å². The van der Waals surface area contributed by atoms with E-state index in [9.17, 15) is 4.79 Å². The fourth-order valence-electron chi connectivity index (χ4n) is 1.82. The topological polar surface area (TPSA) is 29.1 Å². The number of carbonyl (C=O) groups excluding carboxylic acids is 1. The molecule has 4 heteroatoms. The Morgan fingerprint density at radius 3 is 2.61 bits per heavy atom. The normalized spacial score (nSPS) is 12.6. The van der Waals surface area contributed by atoms with Crippen molar-refractivity contribution in [1.29, 1.82) is 0 Å². The molecule has 0 aromatic heterocycles. The second-order valence-electron chi connectivity index (χ2n) is 4.89. The maximum Gasteiger partial charge on any atom is 0.253 e. The molecule has 1 atom stereocenters. The van der Waals surface area contributed by atoms with Gasteiger partial charge in [-0.15, -0.1) is 11.6 Å². The zero-order valence-corrected chi connectivity index (χ0v) is 12.5. The van der Waals surface area contributed by atoms with Crippen molar-refractivity contribution in [1.82, 2.24) is 5.32 Å². The van der Waals surface area contributed by atoms with Crippen LogP contribution in [-0.4, -0.2) is 17.8 Å². The van der Waals surface area contributed by atoms with E-state index in [0.29, 0.717) is 22.4 Å². The van der Waals surface area contributed by atoms with Gasteiger partial charge in [0.1, 0.15) is 0 Å². The smallest absolute Gasteiger partial charge is 0.253 e. The highest BCUT2D eigenvalue weighted by molar-refractivity contribution is 6.34. The van der Waals surface area contributed by atoms with E-state index >= 15 is 0 Å². The van der Waals surface area contributed by atoms with Crippen LogP contribution in [-0.2, 0) is 0 Å². The fraction of sp³-hybridized carbons (Fsp3) is 0.500. The SMILES string of the molecule is Cc1cccc(C(=O)NC(CCl)CC(C)C)c1Cl. The molecule has 0 radical (unpaired) electrons. The molecule has 0 aliphatic heterocycles. The molecule has 1 aromatic carbocycles. The Hall–Kier alpha value is -0.730.